The van der Waals surface area contributed by atoms with Crippen molar-refractivity contribution in [2.45, 2.75) is 71.6 Å². The number of hydrogen-bond donors (Lipinski definition) is 0. The lowest BCUT2D eigenvalue weighted by Gasteiger charge is -2.33. The minimum atomic E-state index is -1.34. The van der Waals surface area contributed by atoms with Crippen molar-refractivity contribution in [3.63, 3.8) is 0 Å². The van der Waals surface area contributed by atoms with Crippen molar-refractivity contribution in [3.8, 4) is 0 Å². The van der Waals surface area contributed by atoms with Crippen LogP contribution < -0.4 is 0 Å². The molecule has 5 atom stereocenters. The van der Waals surface area contributed by atoms with Gasteiger partial charge in [-0.25, -0.2) is 4.79 Å². The predicted molar refractivity (Wildman–Crippen MR) is 101 cm³/mol. The molecule has 0 saturated carbocycles. The Morgan fingerprint density at radius 3 is 1.97 bits per heavy atom. The van der Waals surface area contributed by atoms with Crippen LogP contribution in [0.1, 0.15) is 41.0 Å². The van der Waals surface area contributed by atoms with E-state index in [0.717, 1.165) is 27.7 Å². The summed E-state index contributed by atoms with van der Waals surface area (Å²) < 4.78 is 26.0. The summed E-state index contributed by atoms with van der Waals surface area (Å²) in [6.45, 7) is 6.00. The van der Waals surface area contributed by atoms with Crippen molar-refractivity contribution < 1.29 is 47.7 Å². The summed E-state index contributed by atoms with van der Waals surface area (Å²) in [5.74, 6) is -3.36. The standard InChI is InChI=1S/C20H26O10/c1-11(26-12(2)21)19(28-14(4)23)20(29-15(5)24)17(27-13(3)22)10-9-16-7-6-8-18(25)30-16/h6,8-11,16-17,19-20H,7H2,1-5H3/b10-9-/t11-,16-,17-,19-,20-/m0/s1. The predicted octanol–water partition coefficient (Wildman–Crippen LogP) is 1.16. The number of ether oxygens (including phenoxy) is 5. The highest BCUT2D eigenvalue weighted by Crippen LogP contribution is 2.21. The van der Waals surface area contributed by atoms with Gasteiger partial charge < -0.3 is 23.7 Å². The van der Waals surface area contributed by atoms with Gasteiger partial charge in [-0.1, -0.05) is 6.08 Å². The van der Waals surface area contributed by atoms with E-state index in [2.05, 4.69) is 0 Å². The fraction of sp³-hybridized carbons (Fsp3) is 0.550. The minimum absolute atomic E-state index is 0.393. The van der Waals surface area contributed by atoms with Crippen LogP contribution in [0.4, 0.5) is 0 Å². The van der Waals surface area contributed by atoms with Crippen LogP contribution in [0, 0.1) is 0 Å². The van der Waals surface area contributed by atoms with Crippen LogP contribution in [0.15, 0.2) is 24.3 Å². The molecule has 0 amide bonds. The molecule has 0 aliphatic carbocycles. The van der Waals surface area contributed by atoms with E-state index in [1.54, 1.807) is 6.08 Å². The minimum Gasteiger partial charge on any atom is -0.459 e. The maximum atomic E-state index is 11.7. The highest BCUT2D eigenvalue weighted by atomic mass is 16.6. The number of rotatable bonds is 9. The third kappa shape index (κ3) is 8.89. The fourth-order valence-electron chi connectivity index (χ4n) is 2.76. The van der Waals surface area contributed by atoms with Crippen molar-refractivity contribution in [2.24, 2.45) is 0 Å². The molecule has 0 bridgehead atoms. The third-order valence-electron chi connectivity index (χ3n) is 3.77. The second kappa shape index (κ2) is 11.7. The van der Waals surface area contributed by atoms with E-state index in [1.807, 2.05) is 0 Å². The lowest BCUT2D eigenvalue weighted by atomic mass is 10.0. The normalized spacial score (nSPS) is 19.8. The lowest BCUT2D eigenvalue weighted by Crippen LogP contribution is -2.50. The zero-order valence-corrected chi connectivity index (χ0v) is 17.5. The summed E-state index contributed by atoms with van der Waals surface area (Å²) in [6.07, 6.45) is 0.629. The summed E-state index contributed by atoms with van der Waals surface area (Å²) in [5, 5.41) is 0. The van der Waals surface area contributed by atoms with Crippen LogP contribution in [0.3, 0.4) is 0 Å². The largest absolute Gasteiger partial charge is 0.459 e. The average molecular weight is 426 g/mol. The van der Waals surface area contributed by atoms with E-state index in [-0.39, 0.29) is 0 Å². The molecule has 0 aromatic rings. The molecule has 0 radical (unpaired) electrons. The third-order valence-corrected chi connectivity index (χ3v) is 3.77. The molecule has 1 aliphatic heterocycles. The fourth-order valence-corrected chi connectivity index (χ4v) is 2.76. The smallest absolute Gasteiger partial charge is 0.331 e. The SMILES string of the molecule is CC(=O)O[C@H]([C@@H](OC(C)=O)[C@H](/C=C\[C@@H]1CC=CC(=O)O1)OC(C)=O)[C@H](C)OC(C)=O. The Morgan fingerprint density at radius 1 is 0.933 bits per heavy atom. The van der Waals surface area contributed by atoms with Gasteiger partial charge in [0.2, 0.25) is 0 Å². The van der Waals surface area contributed by atoms with Crippen molar-refractivity contribution >= 4 is 29.8 Å². The molecule has 30 heavy (non-hydrogen) atoms. The van der Waals surface area contributed by atoms with Gasteiger partial charge in [0.15, 0.2) is 18.3 Å². The van der Waals surface area contributed by atoms with E-state index >= 15 is 0 Å². The van der Waals surface area contributed by atoms with Crippen molar-refractivity contribution in [3.05, 3.63) is 24.3 Å². The zero-order valence-electron chi connectivity index (χ0n) is 17.5. The Kier molecular flexibility index (Phi) is 9.73. The molecule has 0 unspecified atom stereocenters. The lowest BCUT2D eigenvalue weighted by molar-refractivity contribution is -0.193. The quantitative estimate of drug-likeness (QED) is 0.300. The van der Waals surface area contributed by atoms with Crippen molar-refractivity contribution in [1.29, 1.82) is 0 Å². The summed E-state index contributed by atoms with van der Waals surface area (Å²) in [4.78, 5) is 57.8. The number of carbonyl (C=O) groups excluding carboxylic acids is 5. The van der Waals surface area contributed by atoms with Crippen LogP contribution >= 0.6 is 0 Å². The van der Waals surface area contributed by atoms with Gasteiger partial charge in [-0.3, -0.25) is 19.2 Å². The first-order chi connectivity index (χ1) is 14.0. The van der Waals surface area contributed by atoms with Crippen molar-refractivity contribution in [2.75, 3.05) is 0 Å². The molecule has 10 heteroatoms. The molecule has 0 N–H and O–H groups in total. The molecule has 0 aromatic heterocycles. The highest BCUT2D eigenvalue weighted by molar-refractivity contribution is 5.83. The van der Waals surface area contributed by atoms with E-state index in [0.29, 0.717) is 6.42 Å². The van der Waals surface area contributed by atoms with Gasteiger partial charge in [0.05, 0.1) is 0 Å². The molecule has 1 rings (SSSR count). The highest BCUT2D eigenvalue weighted by Gasteiger charge is 2.40. The van der Waals surface area contributed by atoms with Crippen LogP contribution in [0.2, 0.25) is 0 Å². The first-order valence-electron chi connectivity index (χ1n) is 9.24. The summed E-state index contributed by atoms with van der Waals surface area (Å²) in [6, 6.07) is 0. The van der Waals surface area contributed by atoms with Gasteiger partial charge >= 0.3 is 29.8 Å². The Labute approximate surface area is 174 Å². The number of cyclic esters (lactones) is 1. The first kappa shape index (κ1) is 24.9. The van der Waals surface area contributed by atoms with E-state index in [9.17, 15) is 24.0 Å². The van der Waals surface area contributed by atoms with Crippen LogP contribution in [0.5, 0.6) is 0 Å². The van der Waals surface area contributed by atoms with Crippen LogP contribution in [-0.2, 0) is 47.7 Å². The maximum absolute atomic E-state index is 11.7. The molecule has 1 aliphatic rings. The van der Waals surface area contributed by atoms with Crippen LogP contribution in [0.25, 0.3) is 0 Å². The van der Waals surface area contributed by atoms with Gasteiger partial charge in [0.25, 0.3) is 0 Å². The van der Waals surface area contributed by atoms with Crippen LogP contribution in [-0.4, -0.2) is 60.4 Å². The summed E-state index contributed by atoms with van der Waals surface area (Å²) in [5.41, 5.74) is 0. The Bertz CT molecular complexity index is 723. The molecule has 1 heterocycles. The van der Waals surface area contributed by atoms with Gasteiger partial charge in [-0.15, -0.1) is 0 Å². The molecular formula is C20H26O10. The molecule has 0 saturated heterocycles. The second-order valence-electron chi connectivity index (χ2n) is 6.54. The first-order valence-corrected chi connectivity index (χ1v) is 9.24. The Hall–Kier alpha value is -3.17. The monoisotopic (exact) mass is 426 g/mol. The second-order valence-corrected chi connectivity index (χ2v) is 6.54. The summed E-state index contributed by atoms with van der Waals surface area (Å²) in [7, 11) is 0. The number of esters is 5. The molecule has 0 fully saturated rings. The molecule has 166 valence electrons. The summed E-state index contributed by atoms with van der Waals surface area (Å²) >= 11 is 0. The Balaban J connectivity index is 3.26. The molecule has 0 spiro atoms. The van der Waals surface area contributed by atoms with Gasteiger partial charge in [0.1, 0.15) is 12.2 Å². The van der Waals surface area contributed by atoms with E-state index < -0.39 is 60.4 Å². The average Bonchev–Trinajstić information content (AvgIpc) is 2.60. The van der Waals surface area contributed by atoms with E-state index in [1.165, 1.54) is 25.2 Å². The molecule has 10 nitrogen and oxygen atoms in total. The number of carbonyl (C=O) groups is 5. The molecule has 0 aromatic carbocycles. The van der Waals surface area contributed by atoms with Gasteiger partial charge in [0, 0.05) is 40.2 Å². The molecular weight excluding hydrogens is 400 g/mol. The number of hydrogen-bond acceptors (Lipinski definition) is 10. The van der Waals surface area contributed by atoms with Crippen molar-refractivity contribution in [1.82, 2.24) is 0 Å². The van der Waals surface area contributed by atoms with Gasteiger partial charge in [-0.05, 0) is 19.1 Å². The topological polar surface area (TPSA) is 132 Å². The maximum Gasteiger partial charge on any atom is 0.331 e. The van der Waals surface area contributed by atoms with Gasteiger partial charge in [-0.2, -0.15) is 0 Å². The van der Waals surface area contributed by atoms with E-state index in [4.69, 9.17) is 23.7 Å². The zero-order chi connectivity index (χ0) is 22.8. The Morgan fingerprint density at radius 2 is 1.47 bits per heavy atom.